The third-order valence-corrected chi connectivity index (χ3v) is 6.82. The number of fused-ring (bicyclic) bond motifs is 1. The Balaban J connectivity index is 1.79. The Morgan fingerprint density at radius 3 is 2.57 bits per heavy atom. The maximum atomic E-state index is 12.7. The molecule has 0 fully saturated rings. The van der Waals surface area contributed by atoms with E-state index in [4.69, 9.17) is 0 Å². The van der Waals surface area contributed by atoms with Gasteiger partial charge in [-0.15, -0.1) is 0 Å². The number of carbonyl (C=O) groups excluding carboxylic acids is 1. The molecule has 0 unspecified atom stereocenters. The topological polar surface area (TPSA) is 84.3 Å². The number of nitrogens with zero attached hydrogens (tertiary/aromatic N) is 3. The maximum absolute atomic E-state index is 12.7. The molecule has 1 heterocycles. The summed E-state index contributed by atoms with van der Waals surface area (Å²) < 4.78 is 28.5. The highest BCUT2D eigenvalue weighted by molar-refractivity contribution is 7.89. The van der Waals surface area contributed by atoms with Crippen molar-refractivity contribution in [1.82, 2.24) is 19.2 Å². The van der Waals surface area contributed by atoms with Crippen molar-refractivity contribution in [2.75, 3.05) is 7.05 Å². The molecule has 1 N–H and O–H groups in total. The van der Waals surface area contributed by atoms with E-state index in [0.717, 1.165) is 16.9 Å². The first-order chi connectivity index (χ1) is 13.2. The highest BCUT2D eigenvalue weighted by Gasteiger charge is 2.24. The summed E-state index contributed by atoms with van der Waals surface area (Å²) in [5, 5.41) is 2.82. The summed E-state index contributed by atoms with van der Waals surface area (Å²) in [6.45, 7) is 3.84. The van der Waals surface area contributed by atoms with E-state index in [2.05, 4.69) is 10.3 Å². The van der Waals surface area contributed by atoms with Gasteiger partial charge in [0.05, 0.1) is 22.5 Å². The largest absolute Gasteiger partial charge is 0.345 e. The van der Waals surface area contributed by atoms with Crippen LogP contribution in [0.25, 0.3) is 11.0 Å². The Hall–Kier alpha value is -2.71. The molecule has 3 rings (SSSR count). The molecular weight excluding hydrogens is 376 g/mol. The lowest BCUT2D eigenvalue weighted by Crippen LogP contribution is -2.33. The van der Waals surface area contributed by atoms with Gasteiger partial charge in [-0.25, -0.2) is 13.4 Å². The van der Waals surface area contributed by atoms with E-state index in [9.17, 15) is 13.2 Å². The standard InChI is InChI=1S/C20H24N4O3S/c1-14(2)24(4)28(26,27)16-9-7-8-15(12-16)20(25)21-13-19-22-17-10-5-6-11-18(17)23(19)3/h5-12,14H,13H2,1-4H3,(H,21,25). The highest BCUT2D eigenvalue weighted by Crippen LogP contribution is 2.18. The third kappa shape index (κ3) is 3.79. The minimum absolute atomic E-state index is 0.0964. The molecule has 1 aromatic heterocycles. The van der Waals surface area contributed by atoms with Gasteiger partial charge < -0.3 is 9.88 Å². The summed E-state index contributed by atoms with van der Waals surface area (Å²) >= 11 is 0. The third-order valence-electron chi connectivity index (χ3n) is 4.79. The summed E-state index contributed by atoms with van der Waals surface area (Å²) in [6.07, 6.45) is 0. The Kier molecular flexibility index (Phi) is 5.53. The van der Waals surface area contributed by atoms with Crippen LogP contribution in [0.1, 0.15) is 30.0 Å². The number of amides is 1. The zero-order valence-corrected chi connectivity index (χ0v) is 17.2. The van der Waals surface area contributed by atoms with Crippen molar-refractivity contribution in [2.45, 2.75) is 31.3 Å². The smallest absolute Gasteiger partial charge is 0.251 e. The molecule has 28 heavy (non-hydrogen) atoms. The Bertz CT molecular complexity index is 1120. The number of rotatable bonds is 6. The average Bonchev–Trinajstić information content (AvgIpc) is 3.01. The molecular formula is C20H24N4O3S. The molecule has 0 spiro atoms. The second-order valence-corrected chi connectivity index (χ2v) is 8.90. The number of aromatic nitrogens is 2. The van der Waals surface area contributed by atoms with Crippen LogP contribution in [-0.2, 0) is 23.6 Å². The molecule has 0 bridgehead atoms. The van der Waals surface area contributed by atoms with E-state index in [1.807, 2.05) is 35.9 Å². The number of sulfonamides is 1. The lowest BCUT2D eigenvalue weighted by Gasteiger charge is -2.21. The number of hydrogen-bond donors (Lipinski definition) is 1. The minimum atomic E-state index is -3.65. The van der Waals surface area contributed by atoms with Crippen molar-refractivity contribution in [3.8, 4) is 0 Å². The van der Waals surface area contributed by atoms with Crippen molar-refractivity contribution in [3.63, 3.8) is 0 Å². The molecule has 0 aliphatic heterocycles. The van der Waals surface area contributed by atoms with Gasteiger partial charge in [-0.2, -0.15) is 4.31 Å². The van der Waals surface area contributed by atoms with Gasteiger partial charge in [-0.05, 0) is 44.2 Å². The van der Waals surface area contributed by atoms with Crippen LogP contribution in [-0.4, -0.2) is 41.3 Å². The first kappa shape index (κ1) is 20.0. The second kappa shape index (κ2) is 7.73. The van der Waals surface area contributed by atoms with Crippen LogP contribution in [0.4, 0.5) is 0 Å². The molecule has 148 valence electrons. The molecule has 0 saturated heterocycles. The molecule has 0 aliphatic carbocycles. The van der Waals surface area contributed by atoms with Gasteiger partial charge in [-0.1, -0.05) is 18.2 Å². The molecule has 1 amide bonds. The van der Waals surface area contributed by atoms with Gasteiger partial charge in [0.25, 0.3) is 5.91 Å². The fourth-order valence-electron chi connectivity index (χ4n) is 2.86. The van der Waals surface area contributed by atoms with Gasteiger partial charge in [-0.3, -0.25) is 4.79 Å². The van der Waals surface area contributed by atoms with E-state index in [-0.39, 0.29) is 29.0 Å². The van der Waals surface area contributed by atoms with E-state index in [0.29, 0.717) is 0 Å². The molecule has 8 heteroatoms. The van der Waals surface area contributed by atoms with Crippen molar-refractivity contribution in [1.29, 1.82) is 0 Å². The van der Waals surface area contributed by atoms with Crippen LogP contribution >= 0.6 is 0 Å². The molecule has 7 nitrogen and oxygen atoms in total. The van der Waals surface area contributed by atoms with Crippen LogP contribution in [0.5, 0.6) is 0 Å². The van der Waals surface area contributed by atoms with Crippen LogP contribution in [0, 0.1) is 0 Å². The van der Waals surface area contributed by atoms with Crippen LogP contribution in [0.2, 0.25) is 0 Å². The number of hydrogen-bond acceptors (Lipinski definition) is 4. The van der Waals surface area contributed by atoms with Gasteiger partial charge in [0.2, 0.25) is 10.0 Å². The van der Waals surface area contributed by atoms with E-state index < -0.39 is 10.0 Å². The fraction of sp³-hybridized carbons (Fsp3) is 0.300. The summed E-state index contributed by atoms with van der Waals surface area (Å²) in [7, 11) is -0.228. The summed E-state index contributed by atoms with van der Waals surface area (Å²) in [4.78, 5) is 17.2. The van der Waals surface area contributed by atoms with Gasteiger partial charge in [0.15, 0.2) is 0 Å². The van der Waals surface area contributed by atoms with E-state index >= 15 is 0 Å². The SMILES string of the molecule is CC(C)N(C)S(=O)(=O)c1cccc(C(=O)NCc2nc3ccccc3n2C)c1. The predicted octanol–water partition coefficient (Wildman–Crippen LogP) is 2.53. The minimum Gasteiger partial charge on any atom is -0.345 e. The molecule has 0 aliphatic rings. The van der Waals surface area contributed by atoms with Crippen LogP contribution < -0.4 is 5.32 Å². The number of aryl methyl sites for hydroxylation is 1. The quantitative estimate of drug-likeness (QED) is 0.689. The van der Waals surface area contributed by atoms with Crippen molar-refractivity contribution in [3.05, 3.63) is 59.9 Å². The van der Waals surface area contributed by atoms with Crippen LogP contribution in [0.15, 0.2) is 53.4 Å². The summed E-state index contributed by atoms with van der Waals surface area (Å²) in [6, 6.07) is 13.6. The Morgan fingerprint density at radius 2 is 1.89 bits per heavy atom. The maximum Gasteiger partial charge on any atom is 0.251 e. The van der Waals surface area contributed by atoms with Crippen molar-refractivity contribution in [2.24, 2.45) is 7.05 Å². The van der Waals surface area contributed by atoms with Gasteiger partial charge in [0, 0.05) is 25.7 Å². The zero-order chi connectivity index (χ0) is 20.5. The van der Waals surface area contributed by atoms with Crippen LogP contribution in [0.3, 0.4) is 0 Å². The number of benzene rings is 2. The Morgan fingerprint density at radius 1 is 1.18 bits per heavy atom. The number of imidazole rings is 1. The van der Waals surface area contributed by atoms with Crippen molar-refractivity contribution < 1.29 is 13.2 Å². The molecule has 0 radical (unpaired) electrons. The summed E-state index contributed by atoms with van der Waals surface area (Å²) in [5.74, 6) is 0.370. The predicted molar refractivity (Wildman–Crippen MR) is 108 cm³/mol. The second-order valence-electron chi connectivity index (χ2n) is 6.90. The first-order valence-electron chi connectivity index (χ1n) is 8.98. The van der Waals surface area contributed by atoms with Gasteiger partial charge >= 0.3 is 0 Å². The fourth-order valence-corrected chi connectivity index (χ4v) is 4.27. The lowest BCUT2D eigenvalue weighted by molar-refractivity contribution is 0.0949. The number of para-hydroxylation sites is 2. The average molecular weight is 401 g/mol. The first-order valence-corrected chi connectivity index (χ1v) is 10.4. The monoisotopic (exact) mass is 400 g/mol. The zero-order valence-electron chi connectivity index (χ0n) is 16.4. The lowest BCUT2D eigenvalue weighted by atomic mass is 10.2. The van der Waals surface area contributed by atoms with E-state index in [1.165, 1.54) is 23.5 Å². The normalized spacial score (nSPS) is 12.1. The highest BCUT2D eigenvalue weighted by atomic mass is 32.2. The molecule has 3 aromatic rings. The molecule has 0 atom stereocenters. The molecule has 2 aromatic carbocycles. The Labute approximate surface area is 165 Å². The number of nitrogens with one attached hydrogen (secondary N) is 1. The number of carbonyl (C=O) groups is 1. The molecule has 0 saturated carbocycles. The van der Waals surface area contributed by atoms with Crippen molar-refractivity contribution >= 4 is 27.0 Å². The van der Waals surface area contributed by atoms with E-state index in [1.54, 1.807) is 26.0 Å². The summed E-state index contributed by atoms with van der Waals surface area (Å²) in [5.41, 5.74) is 2.13. The van der Waals surface area contributed by atoms with Gasteiger partial charge in [0.1, 0.15) is 5.82 Å².